The molecule has 2 N–H and O–H groups in total. The highest BCUT2D eigenvalue weighted by Gasteiger charge is 2.30. The fourth-order valence-corrected chi connectivity index (χ4v) is 2.03. The number of carbonyl (C=O) groups excluding carboxylic acids is 1. The fourth-order valence-electron chi connectivity index (χ4n) is 2.03. The Labute approximate surface area is 99.1 Å². The second-order valence-electron chi connectivity index (χ2n) is 4.75. The van der Waals surface area contributed by atoms with E-state index in [0.717, 1.165) is 11.1 Å². The highest BCUT2D eigenvalue weighted by molar-refractivity contribution is 5.95. The van der Waals surface area contributed by atoms with Crippen molar-refractivity contribution in [3.63, 3.8) is 0 Å². The van der Waals surface area contributed by atoms with Crippen molar-refractivity contribution in [2.45, 2.75) is 25.9 Å². The largest absolute Gasteiger partial charge is 0.487 e. The Morgan fingerprint density at radius 3 is 2.88 bits per heavy atom. The van der Waals surface area contributed by atoms with E-state index in [9.17, 15) is 9.18 Å². The van der Waals surface area contributed by atoms with E-state index in [1.54, 1.807) is 6.07 Å². The first-order valence-corrected chi connectivity index (χ1v) is 5.36. The zero-order valence-electron chi connectivity index (χ0n) is 9.79. The molecule has 0 saturated heterocycles. The van der Waals surface area contributed by atoms with Crippen molar-refractivity contribution in [2.24, 2.45) is 5.73 Å². The maximum absolute atomic E-state index is 13.1. The highest BCUT2D eigenvalue weighted by atomic mass is 19.1. The van der Waals surface area contributed by atoms with Crippen molar-refractivity contribution in [2.75, 3.05) is 0 Å². The van der Waals surface area contributed by atoms with Crippen LogP contribution in [-0.4, -0.2) is 11.5 Å². The Hall–Kier alpha value is -1.84. The normalized spacial score (nSPS) is 19.6. The summed E-state index contributed by atoms with van der Waals surface area (Å²) >= 11 is 0. The van der Waals surface area contributed by atoms with Gasteiger partial charge in [0.1, 0.15) is 17.2 Å². The number of amides is 1. The van der Waals surface area contributed by atoms with Crippen molar-refractivity contribution >= 4 is 11.5 Å². The maximum atomic E-state index is 13.1. The average molecular weight is 235 g/mol. The molecule has 1 aliphatic heterocycles. The van der Waals surface area contributed by atoms with Gasteiger partial charge in [-0.05, 0) is 31.6 Å². The number of rotatable bonds is 1. The van der Waals surface area contributed by atoms with Gasteiger partial charge >= 0.3 is 0 Å². The summed E-state index contributed by atoms with van der Waals surface area (Å²) < 4.78 is 18.8. The zero-order chi connectivity index (χ0) is 12.6. The molecule has 2 rings (SSSR count). The van der Waals surface area contributed by atoms with E-state index in [1.165, 1.54) is 18.2 Å². The van der Waals surface area contributed by atoms with Gasteiger partial charge < -0.3 is 10.5 Å². The van der Waals surface area contributed by atoms with Gasteiger partial charge in [0.25, 0.3) is 0 Å². The minimum Gasteiger partial charge on any atom is -0.487 e. The second kappa shape index (κ2) is 3.87. The number of hydrogen-bond acceptors (Lipinski definition) is 2. The molecule has 1 amide bonds. The van der Waals surface area contributed by atoms with Crippen molar-refractivity contribution in [3.05, 3.63) is 35.7 Å². The van der Waals surface area contributed by atoms with E-state index >= 15 is 0 Å². The van der Waals surface area contributed by atoms with Crippen molar-refractivity contribution in [1.82, 2.24) is 0 Å². The van der Waals surface area contributed by atoms with Crippen LogP contribution >= 0.6 is 0 Å². The molecule has 1 aromatic carbocycles. The van der Waals surface area contributed by atoms with Gasteiger partial charge in [-0.15, -0.1) is 0 Å². The molecule has 0 radical (unpaired) electrons. The molecule has 0 aliphatic carbocycles. The molecular formula is C13H14FNO2. The van der Waals surface area contributed by atoms with Crippen LogP contribution in [0.15, 0.2) is 24.3 Å². The van der Waals surface area contributed by atoms with Gasteiger partial charge in [0.15, 0.2) is 0 Å². The number of primary amides is 1. The average Bonchev–Trinajstić information content (AvgIpc) is 2.13. The monoisotopic (exact) mass is 235 g/mol. The Balaban J connectivity index is 2.55. The molecule has 0 atom stereocenters. The highest BCUT2D eigenvalue weighted by Crippen LogP contribution is 2.40. The Morgan fingerprint density at radius 2 is 2.24 bits per heavy atom. The van der Waals surface area contributed by atoms with Crippen molar-refractivity contribution in [3.8, 4) is 5.75 Å². The summed E-state index contributed by atoms with van der Waals surface area (Å²) in [6.07, 6.45) is 1.94. The van der Waals surface area contributed by atoms with Crippen LogP contribution in [0.5, 0.6) is 5.75 Å². The van der Waals surface area contributed by atoms with Gasteiger partial charge in [0.2, 0.25) is 5.91 Å². The van der Waals surface area contributed by atoms with Gasteiger partial charge in [0, 0.05) is 24.1 Å². The van der Waals surface area contributed by atoms with Crippen LogP contribution in [0.2, 0.25) is 0 Å². The van der Waals surface area contributed by atoms with E-state index < -0.39 is 11.5 Å². The van der Waals surface area contributed by atoms with E-state index in [4.69, 9.17) is 10.5 Å². The lowest BCUT2D eigenvalue weighted by Crippen LogP contribution is -2.32. The molecule has 90 valence electrons. The van der Waals surface area contributed by atoms with Crippen LogP contribution in [0.25, 0.3) is 5.57 Å². The lowest BCUT2D eigenvalue weighted by atomic mass is 9.89. The molecule has 1 heterocycles. The predicted molar refractivity (Wildman–Crippen MR) is 62.9 cm³/mol. The van der Waals surface area contributed by atoms with E-state index in [-0.39, 0.29) is 5.82 Å². The van der Waals surface area contributed by atoms with Crippen LogP contribution in [0.1, 0.15) is 25.8 Å². The first-order chi connectivity index (χ1) is 7.87. The Kier molecular flexibility index (Phi) is 2.65. The van der Waals surface area contributed by atoms with E-state index in [1.807, 2.05) is 13.8 Å². The zero-order valence-corrected chi connectivity index (χ0v) is 9.79. The first kappa shape index (κ1) is 11.6. The number of halogens is 1. The molecular weight excluding hydrogens is 221 g/mol. The third-order valence-corrected chi connectivity index (χ3v) is 2.61. The first-order valence-electron chi connectivity index (χ1n) is 5.36. The summed E-state index contributed by atoms with van der Waals surface area (Å²) in [6.45, 7) is 3.77. The van der Waals surface area contributed by atoms with Crippen molar-refractivity contribution in [1.29, 1.82) is 0 Å². The topological polar surface area (TPSA) is 52.3 Å². The smallest absolute Gasteiger partial charge is 0.241 e. The number of ether oxygens (including phenoxy) is 1. The van der Waals surface area contributed by atoms with Gasteiger partial charge in [-0.1, -0.05) is 0 Å². The summed E-state index contributed by atoms with van der Waals surface area (Å²) in [5.41, 5.74) is 6.21. The Bertz CT molecular complexity index is 506. The number of benzene rings is 1. The molecule has 0 spiro atoms. The van der Waals surface area contributed by atoms with Gasteiger partial charge in [-0.25, -0.2) is 4.39 Å². The molecule has 0 bridgehead atoms. The minimum atomic E-state index is -0.507. The molecule has 3 nitrogen and oxygen atoms in total. The quantitative estimate of drug-likeness (QED) is 0.759. The molecule has 17 heavy (non-hydrogen) atoms. The number of fused-ring (bicyclic) bond motifs is 1. The SMILES string of the molecule is CC1(C)CC(=CC(N)=O)c2ccc(F)cc2O1. The maximum Gasteiger partial charge on any atom is 0.241 e. The third-order valence-electron chi connectivity index (χ3n) is 2.61. The lowest BCUT2D eigenvalue weighted by Gasteiger charge is -2.34. The molecule has 1 aromatic rings. The molecule has 0 saturated carbocycles. The molecule has 1 aliphatic rings. The molecule has 0 unspecified atom stereocenters. The van der Waals surface area contributed by atoms with Crippen molar-refractivity contribution < 1.29 is 13.9 Å². The fraction of sp³-hybridized carbons (Fsp3) is 0.308. The van der Waals surface area contributed by atoms with Gasteiger partial charge in [-0.3, -0.25) is 4.79 Å². The minimum absolute atomic E-state index is 0.361. The van der Waals surface area contributed by atoms with Crippen LogP contribution < -0.4 is 10.5 Å². The summed E-state index contributed by atoms with van der Waals surface area (Å²) in [5.74, 6) is -0.415. The van der Waals surface area contributed by atoms with E-state index in [0.29, 0.717) is 12.2 Å². The number of hydrogen-bond donors (Lipinski definition) is 1. The summed E-state index contributed by atoms with van der Waals surface area (Å²) in [4.78, 5) is 11.0. The summed E-state index contributed by atoms with van der Waals surface area (Å²) in [6, 6.07) is 4.27. The van der Waals surface area contributed by atoms with Gasteiger partial charge in [-0.2, -0.15) is 0 Å². The molecule has 4 heteroatoms. The van der Waals surface area contributed by atoms with Crippen LogP contribution in [0.4, 0.5) is 4.39 Å². The second-order valence-corrected chi connectivity index (χ2v) is 4.75. The lowest BCUT2D eigenvalue weighted by molar-refractivity contribution is -0.113. The summed E-state index contributed by atoms with van der Waals surface area (Å²) in [5, 5.41) is 0. The van der Waals surface area contributed by atoms with E-state index in [2.05, 4.69) is 0 Å². The van der Waals surface area contributed by atoms with Gasteiger partial charge in [0.05, 0.1) is 0 Å². The number of carbonyl (C=O) groups is 1. The standard InChI is InChI=1S/C13H14FNO2/c1-13(2)7-8(5-12(15)16)10-4-3-9(14)6-11(10)17-13/h3-6H,7H2,1-2H3,(H2,15,16). The molecule has 0 aromatic heterocycles. The van der Waals surface area contributed by atoms with Crippen LogP contribution in [0, 0.1) is 5.82 Å². The third kappa shape index (κ3) is 2.46. The predicted octanol–water partition coefficient (Wildman–Crippen LogP) is 2.26. The van der Waals surface area contributed by atoms with Crippen LogP contribution in [-0.2, 0) is 4.79 Å². The summed E-state index contributed by atoms with van der Waals surface area (Å²) in [7, 11) is 0. The Morgan fingerprint density at radius 1 is 1.53 bits per heavy atom. The van der Waals surface area contributed by atoms with Crippen LogP contribution in [0.3, 0.4) is 0 Å². The number of nitrogens with two attached hydrogens (primary N) is 1. The molecule has 0 fully saturated rings.